The lowest BCUT2D eigenvalue weighted by molar-refractivity contribution is -0.274. The van der Waals surface area contributed by atoms with Crippen molar-refractivity contribution in [2.45, 2.75) is 13.3 Å². The van der Waals surface area contributed by atoms with Crippen molar-refractivity contribution in [2.75, 3.05) is 6.61 Å². The van der Waals surface area contributed by atoms with E-state index >= 15 is 0 Å². The molecule has 0 aliphatic rings. The molecule has 0 bridgehead atoms. The minimum atomic E-state index is -4.96. The van der Waals surface area contributed by atoms with Crippen LogP contribution in [-0.4, -0.2) is 23.9 Å². The monoisotopic (exact) mass is 260 g/mol. The van der Waals surface area contributed by atoms with E-state index in [2.05, 4.69) is 14.5 Å². The molecule has 1 rings (SSSR count). The minimum Gasteiger partial charge on any atom is -0.461 e. The van der Waals surface area contributed by atoms with Gasteiger partial charge in [0.2, 0.25) is 0 Å². The van der Waals surface area contributed by atoms with E-state index in [-0.39, 0.29) is 6.61 Å². The quantitative estimate of drug-likeness (QED) is 0.777. The van der Waals surface area contributed by atoms with Gasteiger partial charge >= 0.3 is 12.3 Å². The normalized spacial score (nSPS) is 10.6. The maximum atomic E-state index is 12.1. The SMILES string of the molecule is CCOC(=O)c1nccc(OC(F)(F)F)c1C#N. The highest BCUT2D eigenvalue weighted by atomic mass is 19.4. The van der Waals surface area contributed by atoms with E-state index < -0.39 is 29.3 Å². The summed E-state index contributed by atoms with van der Waals surface area (Å²) in [7, 11) is 0. The van der Waals surface area contributed by atoms with E-state index in [0.717, 1.165) is 12.3 Å². The van der Waals surface area contributed by atoms with E-state index in [9.17, 15) is 18.0 Å². The third kappa shape index (κ3) is 3.35. The van der Waals surface area contributed by atoms with Gasteiger partial charge in [0.05, 0.1) is 6.61 Å². The van der Waals surface area contributed by atoms with Gasteiger partial charge in [-0.15, -0.1) is 13.2 Å². The Kier molecular flexibility index (Phi) is 4.09. The van der Waals surface area contributed by atoms with Gasteiger partial charge < -0.3 is 9.47 Å². The standard InChI is InChI=1S/C10H7F3N2O3/c1-2-17-9(16)8-6(5-14)7(3-4-15-8)18-10(11,12)13/h3-4H,2H2,1H3. The molecule has 0 radical (unpaired) electrons. The van der Waals surface area contributed by atoms with Crippen LogP contribution in [0.25, 0.3) is 0 Å². The van der Waals surface area contributed by atoms with Crippen molar-refractivity contribution in [3.05, 3.63) is 23.5 Å². The smallest absolute Gasteiger partial charge is 0.461 e. The van der Waals surface area contributed by atoms with Crippen LogP contribution in [0.15, 0.2) is 12.3 Å². The number of aromatic nitrogens is 1. The largest absolute Gasteiger partial charge is 0.573 e. The van der Waals surface area contributed by atoms with Gasteiger partial charge in [-0.1, -0.05) is 0 Å². The second-order valence-corrected chi connectivity index (χ2v) is 2.91. The number of carbonyl (C=O) groups is 1. The maximum Gasteiger partial charge on any atom is 0.573 e. The van der Waals surface area contributed by atoms with Gasteiger partial charge in [0.1, 0.15) is 11.6 Å². The topological polar surface area (TPSA) is 72.2 Å². The summed E-state index contributed by atoms with van der Waals surface area (Å²) in [6.45, 7) is 1.52. The van der Waals surface area contributed by atoms with Crippen molar-refractivity contribution in [2.24, 2.45) is 0 Å². The lowest BCUT2D eigenvalue weighted by atomic mass is 10.2. The predicted molar refractivity (Wildman–Crippen MR) is 51.6 cm³/mol. The molecule has 0 amide bonds. The Labute approximate surface area is 99.8 Å². The van der Waals surface area contributed by atoms with Crippen LogP contribution in [-0.2, 0) is 4.74 Å². The molecule has 0 saturated heterocycles. The van der Waals surface area contributed by atoms with Crippen molar-refractivity contribution in [1.29, 1.82) is 5.26 Å². The van der Waals surface area contributed by atoms with E-state index in [1.165, 1.54) is 13.0 Å². The van der Waals surface area contributed by atoms with E-state index in [1.807, 2.05) is 0 Å². The number of carbonyl (C=O) groups excluding carboxylic acids is 1. The maximum absolute atomic E-state index is 12.1. The number of nitriles is 1. The third-order valence-corrected chi connectivity index (χ3v) is 1.72. The number of hydrogen-bond acceptors (Lipinski definition) is 5. The second-order valence-electron chi connectivity index (χ2n) is 2.91. The van der Waals surface area contributed by atoms with E-state index in [0.29, 0.717) is 0 Å². The average molecular weight is 260 g/mol. The van der Waals surface area contributed by atoms with Crippen LogP contribution < -0.4 is 4.74 Å². The molecule has 0 spiro atoms. The highest BCUT2D eigenvalue weighted by Gasteiger charge is 2.33. The molecular weight excluding hydrogens is 253 g/mol. The van der Waals surface area contributed by atoms with Gasteiger partial charge in [-0.3, -0.25) is 0 Å². The van der Waals surface area contributed by atoms with Gasteiger partial charge in [0.25, 0.3) is 0 Å². The second kappa shape index (κ2) is 5.35. The molecule has 0 saturated carbocycles. The first kappa shape index (κ1) is 13.8. The first-order chi connectivity index (χ1) is 8.39. The first-order valence-corrected chi connectivity index (χ1v) is 4.71. The molecule has 5 nitrogen and oxygen atoms in total. The lowest BCUT2D eigenvalue weighted by Crippen LogP contribution is -2.19. The van der Waals surface area contributed by atoms with Crippen molar-refractivity contribution < 1.29 is 27.4 Å². The van der Waals surface area contributed by atoms with Crippen LogP contribution in [0.1, 0.15) is 23.0 Å². The van der Waals surface area contributed by atoms with Crippen LogP contribution in [0.2, 0.25) is 0 Å². The number of nitrogens with zero attached hydrogens (tertiary/aromatic N) is 2. The fourth-order valence-electron chi connectivity index (χ4n) is 1.12. The molecule has 18 heavy (non-hydrogen) atoms. The van der Waals surface area contributed by atoms with Crippen molar-refractivity contribution in [1.82, 2.24) is 4.98 Å². The number of ether oxygens (including phenoxy) is 2. The Morgan fingerprint density at radius 3 is 2.72 bits per heavy atom. The van der Waals surface area contributed by atoms with Crippen LogP contribution in [0.4, 0.5) is 13.2 Å². The molecule has 0 atom stereocenters. The molecule has 0 aromatic carbocycles. The minimum absolute atomic E-state index is 0.00966. The number of esters is 1. The Balaban J connectivity index is 3.19. The van der Waals surface area contributed by atoms with Gasteiger partial charge in [-0.2, -0.15) is 5.26 Å². The molecule has 0 aliphatic carbocycles. The lowest BCUT2D eigenvalue weighted by Gasteiger charge is -2.11. The molecule has 1 aromatic rings. The molecule has 0 aliphatic heterocycles. The van der Waals surface area contributed by atoms with Crippen molar-refractivity contribution in [3.8, 4) is 11.8 Å². The molecule has 96 valence electrons. The molecule has 0 fully saturated rings. The van der Waals surface area contributed by atoms with Gasteiger partial charge in [-0.25, -0.2) is 9.78 Å². The highest BCUT2D eigenvalue weighted by Crippen LogP contribution is 2.27. The average Bonchev–Trinajstić information content (AvgIpc) is 2.27. The fourth-order valence-corrected chi connectivity index (χ4v) is 1.12. The van der Waals surface area contributed by atoms with Crippen LogP contribution in [0, 0.1) is 11.3 Å². The Bertz CT molecular complexity index is 494. The predicted octanol–water partition coefficient (Wildman–Crippen LogP) is 2.03. The summed E-state index contributed by atoms with van der Waals surface area (Å²) in [6.07, 6.45) is -4.03. The number of pyridine rings is 1. The summed E-state index contributed by atoms with van der Waals surface area (Å²) >= 11 is 0. The summed E-state index contributed by atoms with van der Waals surface area (Å²) in [5.41, 5.74) is -1.13. The zero-order valence-electron chi connectivity index (χ0n) is 9.11. The molecule has 1 aromatic heterocycles. The summed E-state index contributed by atoms with van der Waals surface area (Å²) in [4.78, 5) is 14.9. The molecule has 8 heteroatoms. The zero-order valence-corrected chi connectivity index (χ0v) is 9.11. The molecule has 0 N–H and O–H groups in total. The van der Waals surface area contributed by atoms with Crippen LogP contribution in [0.5, 0.6) is 5.75 Å². The zero-order chi connectivity index (χ0) is 13.8. The highest BCUT2D eigenvalue weighted by molar-refractivity contribution is 5.90. The van der Waals surface area contributed by atoms with Crippen LogP contribution >= 0.6 is 0 Å². The van der Waals surface area contributed by atoms with Crippen LogP contribution in [0.3, 0.4) is 0 Å². The van der Waals surface area contributed by atoms with E-state index in [4.69, 9.17) is 5.26 Å². The fraction of sp³-hybridized carbons (Fsp3) is 0.300. The van der Waals surface area contributed by atoms with Crippen molar-refractivity contribution in [3.63, 3.8) is 0 Å². The molecule has 1 heterocycles. The summed E-state index contributed by atoms with van der Waals surface area (Å²) in [6, 6.07) is 2.28. The van der Waals surface area contributed by atoms with Gasteiger partial charge in [0.15, 0.2) is 11.4 Å². The number of alkyl halides is 3. The molecule has 0 unspecified atom stereocenters. The third-order valence-electron chi connectivity index (χ3n) is 1.72. The summed E-state index contributed by atoms with van der Waals surface area (Å²) < 4.78 is 44.4. The van der Waals surface area contributed by atoms with E-state index in [1.54, 1.807) is 0 Å². The summed E-state index contributed by atoms with van der Waals surface area (Å²) in [5, 5.41) is 8.77. The Morgan fingerprint density at radius 2 is 2.22 bits per heavy atom. The Hall–Kier alpha value is -2.30. The van der Waals surface area contributed by atoms with Gasteiger partial charge in [0, 0.05) is 12.3 Å². The molecular formula is C10H7F3N2O3. The van der Waals surface area contributed by atoms with Gasteiger partial charge in [-0.05, 0) is 6.92 Å². The number of rotatable bonds is 3. The van der Waals surface area contributed by atoms with Crippen molar-refractivity contribution >= 4 is 5.97 Å². The number of hydrogen-bond donors (Lipinski definition) is 0. The Morgan fingerprint density at radius 1 is 1.56 bits per heavy atom. The number of halogens is 3. The summed E-state index contributed by atoms with van der Waals surface area (Å²) in [5.74, 6) is -1.77. The first-order valence-electron chi connectivity index (χ1n) is 4.71.